The first-order valence-corrected chi connectivity index (χ1v) is 10.4. The summed E-state index contributed by atoms with van der Waals surface area (Å²) in [6.07, 6.45) is 1.06. The van der Waals surface area contributed by atoms with E-state index in [1.54, 1.807) is 37.3 Å². The molecule has 1 N–H and O–H groups in total. The lowest BCUT2D eigenvalue weighted by atomic mass is 10.1. The van der Waals surface area contributed by atoms with Gasteiger partial charge in [-0.05, 0) is 61.7 Å². The molecule has 2 aromatic rings. The second kappa shape index (κ2) is 8.43. The molecule has 0 fully saturated rings. The van der Waals surface area contributed by atoms with Crippen LogP contribution in [0, 0.1) is 20.8 Å². The van der Waals surface area contributed by atoms with Gasteiger partial charge in [0.15, 0.2) is 0 Å². The molecule has 0 radical (unpaired) electrons. The van der Waals surface area contributed by atoms with E-state index in [-0.39, 0.29) is 6.54 Å². The first kappa shape index (κ1) is 21.4. The molecule has 150 valence electrons. The predicted molar refractivity (Wildman–Crippen MR) is 109 cm³/mol. The number of anilines is 2. The van der Waals surface area contributed by atoms with E-state index in [1.165, 1.54) is 7.11 Å². The Bertz CT molecular complexity index is 995. The molecule has 1 amide bonds. The van der Waals surface area contributed by atoms with Crippen LogP contribution in [-0.2, 0) is 19.6 Å². The molecule has 0 saturated carbocycles. The molecule has 0 saturated heterocycles. The molecule has 0 heterocycles. The van der Waals surface area contributed by atoms with E-state index >= 15 is 0 Å². The zero-order valence-corrected chi connectivity index (χ0v) is 17.4. The largest absolute Gasteiger partial charge is 0.465 e. The van der Waals surface area contributed by atoms with Crippen LogP contribution in [0.3, 0.4) is 0 Å². The Morgan fingerprint density at radius 3 is 2.21 bits per heavy atom. The van der Waals surface area contributed by atoms with Gasteiger partial charge in [0.1, 0.15) is 6.54 Å². The van der Waals surface area contributed by atoms with Gasteiger partial charge in [0.25, 0.3) is 0 Å². The van der Waals surface area contributed by atoms with Crippen molar-refractivity contribution in [2.75, 3.05) is 29.5 Å². The third kappa shape index (κ3) is 5.10. The summed E-state index contributed by atoms with van der Waals surface area (Å²) in [5, 5.41) is 2.68. The predicted octanol–water partition coefficient (Wildman–Crippen LogP) is 2.80. The molecule has 0 aliphatic rings. The lowest BCUT2D eigenvalue weighted by molar-refractivity contribution is -0.114. The SMILES string of the molecule is COC(=O)c1cccc(NC(=O)CN(c2cc(C)cc(C)c2)S(C)(=O)=O)c1C. The summed E-state index contributed by atoms with van der Waals surface area (Å²) < 4.78 is 30.3. The minimum atomic E-state index is -3.68. The fourth-order valence-electron chi connectivity index (χ4n) is 2.92. The number of hydrogen-bond acceptors (Lipinski definition) is 5. The third-order valence-corrected chi connectivity index (χ3v) is 5.34. The lowest BCUT2D eigenvalue weighted by Crippen LogP contribution is -2.37. The number of ether oxygens (including phenoxy) is 1. The van der Waals surface area contributed by atoms with Crippen LogP contribution in [0.4, 0.5) is 11.4 Å². The second-order valence-electron chi connectivity index (χ2n) is 6.63. The number of nitrogens with zero attached hydrogens (tertiary/aromatic N) is 1. The van der Waals surface area contributed by atoms with Crippen LogP contribution in [0.2, 0.25) is 0 Å². The Balaban J connectivity index is 2.30. The fourth-order valence-corrected chi connectivity index (χ4v) is 3.76. The van der Waals surface area contributed by atoms with E-state index in [0.29, 0.717) is 22.5 Å². The minimum Gasteiger partial charge on any atom is -0.465 e. The van der Waals surface area contributed by atoms with Crippen molar-refractivity contribution in [2.24, 2.45) is 0 Å². The van der Waals surface area contributed by atoms with E-state index in [1.807, 2.05) is 19.9 Å². The maximum Gasteiger partial charge on any atom is 0.338 e. The first-order chi connectivity index (χ1) is 13.0. The van der Waals surface area contributed by atoms with Crippen molar-refractivity contribution >= 4 is 33.3 Å². The van der Waals surface area contributed by atoms with Crippen molar-refractivity contribution in [1.29, 1.82) is 0 Å². The number of benzene rings is 2. The molecular weight excluding hydrogens is 380 g/mol. The standard InChI is InChI=1S/C20H24N2O5S/c1-13-9-14(2)11-16(10-13)22(28(5,25)26)12-19(23)21-18-8-6-7-17(15(18)3)20(24)27-4/h6-11H,12H2,1-5H3,(H,21,23). The number of rotatable bonds is 6. The molecule has 0 bridgehead atoms. The Hall–Kier alpha value is -2.87. The Kier molecular flexibility index (Phi) is 6.45. The minimum absolute atomic E-state index is 0.328. The van der Waals surface area contributed by atoms with Crippen molar-refractivity contribution in [3.63, 3.8) is 0 Å². The van der Waals surface area contributed by atoms with E-state index in [9.17, 15) is 18.0 Å². The highest BCUT2D eigenvalue weighted by Crippen LogP contribution is 2.23. The van der Waals surface area contributed by atoms with Gasteiger partial charge in [-0.1, -0.05) is 12.1 Å². The van der Waals surface area contributed by atoms with Crippen molar-refractivity contribution in [3.05, 3.63) is 58.7 Å². The molecule has 2 rings (SSSR count). The van der Waals surface area contributed by atoms with Crippen LogP contribution in [0.25, 0.3) is 0 Å². The van der Waals surface area contributed by atoms with Gasteiger partial charge in [0.2, 0.25) is 15.9 Å². The number of carbonyl (C=O) groups is 2. The Labute approximate surface area is 165 Å². The molecule has 8 heteroatoms. The number of aryl methyl sites for hydroxylation is 2. The van der Waals surface area contributed by atoms with E-state index in [0.717, 1.165) is 21.7 Å². The number of sulfonamides is 1. The van der Waals surface area contributed by atoms with Crippen LogP contribution < -0.4 is 9.62 Å². The first-order valence-electron chi connectivity index (χ1n) is 8.56. The van der Waals surface area contributed by atoms with Gasteiger partial charge in [-0.2, -0.15) is 0 Å². The van der Waals surface area contributed by atoms with Gasteiger partial charge in [0, 0.05) is 5.69 Å². The number of nitrogens with one attached hydrogen (secondary N) is 1. The van der Waals surface area contributed by atoms with Crippen LogP contribution in [0.1, 0.15) is 27.0 Å². The average molecular weight is 404 g/mol. The maximum atomic E-state index is 12.6. The van der Waals surface area contributed by atoms with Crippen LogP contribution >= 0.6 is 0 Å². The summed E-state index contributed by atoms with van der Waals surface area (Å²) in [5.41, 5.74) is 3.50. The lowest BCUT2D eigenvalue weighted by Gasteiger charge is -2.23. The van der Waals surface area contributed by atoms with Crippen molar-refractivity contribution in [2.45, 2.75) is 20.8 Å². The summed E-state index contributed by atoms with van der Waals surface area (Å²) in [4.78, 5) is 24.4. The summed E-state index contributed by atoms with van der Waals surface area (Å²) >= 11 is 0. The number of esters is 1. The number of carbonyl (C=O) groups excluding carboxylic acids is 2. The van der Waals surface area contributed by atoms with Gasteiger partial charge < -0.3 is 10.1 Å². The molecular formula is C20H24N2O5S. The number of hydrogen-bond donors (Lipinski definition) is 1. The van der Waals surface area contributed by atoms with Crippen LogP contribution in [0.5, 0.6) is 0 Å². The molecule has 0 spiro atoms. The zero-order valence-electron chi connectivity index (χ0n) is 16.6. The van der Waals surface area contributed by atoms with Gasteiger partial charge in [-0.25, -0.2) is 13.2 Å². The van der Waals surface area contributed by atoms with Crippen molar-refractivity contribution < 1.29 is 22.7 Å². The summed E-state index contributed by atoms with van der Waals surface area (Å²) in [5.74, 6) is -1.03. The summed E-state index contributed by atoms with van der Waals surface area (Å²) in [7, 11) is -2.40. The Morgan fingerprint density at radius 1 is 1.07 bits per heavy atom. The van der Waals surface area contributed by atoms with Gasteiger partial charge >= 0.3 is 5.97 Å². The number of methoxy groups -OCH3 is 1. The molecule has 0 aliphatic carbocycles. The molecule has 0 aromatic heterocycles. The van der Waals surface area contributed by atoms with Gasteiger partial charge in [-0.3, -0.25) is 9.10 Å². The highest BCUT2D eigenvalue weighted by atomic mass is 32.2. The fraction of sp³-hybridized carbons (Fsp3) is 0.300. The molecule has 28 heavy (non-hydrogen) atoms. The molecule has 0 unspecified atom stereocenters. The van der Waals surface area contributed by atoms with E-state index in [4.69, 9.17) is 4.74 Å². The van der Waals surface area contributed by atoms with Crippen LogP contribution in [0.15, 0.2) is 36.4 Å². The molecule has 7 nitrogen and oxygen atoms in total. The quantitative estimate of drug-likeness (QED) is 0.748. The average Bonchev–Trinajstić information content (AvgIpc) is 2.59. The van der Waals surface area contributed by atoms with Crippen molar-refractivity contribution in [3.8, 4) is 0 Å². The van der Waals surface area contributed by atoms with E-state index in [2.05, 4.69) is 5.32 Å². The molecule has 2 aromatic carbocycles. The van der Waals surface area contributed by atoms with Crippen LogP contribution in [-0.4, -0.2) is 40.2 Å². The maximum absolute atomic E-state index is 12.6. The highest BCUT2D eigenvalue weighted by molar-refractivity contribution is 7.92. The zero-order chi connectivity index (χ0) is 21.1. The Morgan fingerprint density at radius 2 is 1.68 bits per heavy atom. The van der Waals surface area contributed by atoms with Gasteiger partial charge in [0.05, 0.1) is 24.6 Å². The summed E-state index contributed by atoms with van der Waals surface area (Å²) in [6, 6.07) is 10.2. The monoisotopic (exact) mass is 404 g/mol. The van der Waals surface area contributed by atoms with Crippen molar-refractivity contribution in [1.82, 2.24) is 0 Å². The molecule has 0 atom stereocenters. The topological polar surface area (TPSA) is 92.8 Å². The highest BCUT2D eigenvalue weighted by Gasteiger charge is 2.22. The normalized spacial score (nSPS) is 11.0. The second-order valence-corrected chi connectivity index (χ2v) is 8.54. The van der Waals surface area contributed by atoms with Gasteiger partial charge in [-0.15, -0.1) is 0 Å². The van der Waals surface area contributed by atoms with E-state index < -0.39 is 21.9 Å². The smallest absolute Gasteiger partial charge is 0.338 e. The third-order valence-electron chi connectivity index (χ3n) is 4.20. The summed E-state index contributed by atoms with van der Waals surface area (Å²) in [6.45, 7) is 5.02. The number of amides is 1. The molecule has 0 aliphatic heterocycles.